The molecule has 2 aromatic rings. The minimum atomic E-state index is -0.741. The standard InChI is InChI=1S/C24H27N5O4/c1-33-18-5-4-17-14-28(11-7-16(17)13-18)21(31)15-29-12-9-24(8-6-20(29)30)26-22-19(23(32)27-24)3-2-10-25-22/h2-5,10,13H,6-9,11-12,14-15H2,1H3,(H,25,26)(H,27,32). The highest BCUT2D eigenvalue weighted by Gasteiger charge is 2.41. The Labute approximate surface area is 192 Å². The number of rotatable bonds is 3. The lowest BCUT2D eigenvalue weighted by atomic mass is 9.97. The Bertz CT molecular complexity index is 1120. The van der Waals surface area contributed by atoms with Crippen LogP contribution >= 0.6 is 0 Å². The first-order chi connectivity index (χ1) is 16.0. The van der Waals surface area contributed by atoms with Gasteiger partial charge in [0.25, 0.3) is 5.91 Å². The second kappa shape index (κ2) is 8.38. The van der Waals surface area contributed by atoms with E-state index in [1.807, 2.05) is 23.1 Å². The van der Waals surface area contributed by atoms with E-state index in [9.17, 15) is 14.4 Å². The van der Waals surface area contributed by atoms with E-state index in [4.69, 9.17) is 4.74 Å². The number of carbonyl (C=O) groups is 3. The number of methoxy groups -OCH3 is 1. The van der Waals surface area contributed by atoms with Crippen molar-refractivity contribution in [3.05, 3.63) is 53.2 Å². The average Bonchev–Trinajstić information content (AvgIpc) is 2.97. The highest BCUT2D eigenvalue weighted by Crippen LogP contribution is 2.30. The minimum Gasteiger partial charge on any atom is -0.497 e. The highest BCUT2D eigenvalue weighted by atomic mass is 16.5. The molecule has 0 radical (unpaired) electrons. The molecular weight excluding hydrogens is 422 g/mol. The molecule has 1 atom stereocenters. The molecule has 0 bridgehead atoms. The molecule has 172 valence electrons. The third kappa shape index (κ3) is 4.10. The van der Waals surface area contributed by atoms with E-state index < -0.39 is 5.66 Å². The summed E-state index contributed by atoms with van der Waals surface area (Å²) in [7, 11) is 1.65. The van der Waals surface area contributed by atoms with Gasteiger partial charge in [0.15, 0.2) is 0 Å². The Morgan fingerprint density at radius 3 is 2.85 bits per heavy atom. The van der Waals surface area contributed by atoms with Gasteiger partial charge in [0, 0.05) is 38.7 Å². The summed E-state index contributed by atoms with van der Waals surface area (Å²) in [5, 5.41) is 6.36. The third-order valence-corrected chi connectivity index (χ3v) is 6.79. The number of hydrogen-bond acceptors (Lipinski definition) is 6. The van der Waals surface area contributed by atoms with E-state index in [-0.39, 0.29) is 30.7 Å². The van der Waals surface area contributed by atoms with E-state index in [1.165, 1.54) is 5.56 Å². The lowest BCUT2D eigenvalue weighted by molar-refractivity contribution is -0.140. The molecular formula is C24H27N5O4. The monoisotopic (exact) mass is 449 g/mol. The molecule has 0 saturated carbocycles. The van der Waals surface area contributed by atoms with Crippen LogP contribution in [0, 0.1) is 0 Å². The molecule has 9 heteroatoms. The smallest absolute Gasteiger partial charge is 0.256 e. The van der Waals surface area contributed by atoms with Gasteiger partial charge in [-0.3, -0.25) is 14.4 Å². The number of nitrogens with zero attached hydrogens (tertiary/aromatic N) is 3. The molecule has 9 nitrogen and oxygen atoms in total. The van der Waals surface area contributed by atoms with Crippen LogP contribution < -0.4 is 15.4 Å². The van der Waals surface area contributed by atoms with Crippen LogP contribution in [0.1, 0.15) is 40.7 Å². The number of pyridine rings is 1. The van der Waals surface area contributed by atoms with E-state index >= 15 is 0 Å². The SMILES string of the molecule is COc1ccc2c(c1)CCN(C(=O)CN1CCC3(CCC1=O)NC(=O)c1cccnc1N3)C2. The number of aromatic nitrogens is 1. The third-order valence-electron chi connectivity index (χ3n) is 6.79. The summed E-state index contributed by atoms with van der Waals surface area (Å²) in [4.78, 5) is 46.2. The summed E-state index contributed by atoms with van der Waals surface area (Å²) >= 11 is 0. The minimum absolute atomic E-state index is 0.0448. The number of amides is 3. The molecule has 1 aromatic heterocycles. The van der Waals surface area contributed by atoms with Gasteiger partial charge in [-0.05, 0) is 48.2 Å². The number of carbonyl (C=O) groups excluding carboxylic acids is 3. The van der Waals surface area contributed by atoms with E-state index in [0.29, 0.717) is 43.9 Å². The average molecular weight is 450 g/mol. The summed E-state index contributed by atoms with van der Waals surface area (Å²) in [5.74, 6) is 1.01. The Balaban J connectivity index is 1.24. The Morgan fingerprint density at radius 2 is 2.00 bits per heavy atom. The van der Waals surface area contributed by atoms with Crippen molar-refractivity contribution in [3.8, 4) is 5.75 Å². The number of hydrogen-bond donors (Lipinski definition) is 2. The van der Waals surface area contributed by atoms with Crippen molar-refractivity contribution in [2.75, 3.05) is 32.1 Å². The number of benzene rings is 1. The molecule has 1 fully saturated rings. The summed E-state index contributed by atoms with van der Waals surface area (Å²) in [6, 6.07) is 9.36. The summed E-state index contributed by atoms with van der Waals surface area (Å²) in [5.41, 5.74) is 2.06. The van der Waals surface area contributed by atoms with Crippen molar-refractivity contribution in [2.24, 2.45) is 0 Å². The van der Waals surface area contributed by atoms with Crippen LogP contribution in [-0.2, 0) is 22.6 Å². The second-order valence-corrected chi connectivity index (χ2v) is 8.83. The predicted octanol–water partition coefficient (Wildman–Crippen LogP) is 1.54. The zero-order valence-electron chi connectivity index (χ0n) is 18.6. The van der Waals surface area contributed by atoms with Crippen molar-refractivity contribution in [2.45, 2.75) is 37.9 Å². The lowest BCUT2D eigenvalue weighted by Crippen LogP contribution is -2.58. The van der Waals surface area contributed by atoms with Crippen molar-refractivity contribution in [1.29, 1.82) is 0 Å². The number of fused-ring (bicyclic) bond motifs is 2. The van der Waals surface area contributed by atoms with Crippen molar-refractivity contribution in [1.82, 2.24) is 20.1 Å². The van der Waals surface area contributed by atoms with Gasteiger partial charge in [-0.1, -0.05) is 6.07 Å². The zero-order chi connectivity index (χ0) is 23.0. The number of nitrogens with one attached hydrogen (secondary N) is 2. The van der Waals surface area contributed by atoms with Gasteiger partial charge >= 0.3 is 0 Å². The summed E-state index contributed by atoms with van der Waals surface area (Å²) in [6.07, 6.45) is 3.58. The quantitative estimate of drug-likeness (QED) is 0.737. The topological polar surface area (TPSA) is 104 Å². The van der Waals surface area contributed by atoms with Gasteiger partial charge in [0.2, 0.25) is 11.8 Å². The van der Waals surface area contributed by atoms with Gasteiger partial charge in [0.05, 0.1) is 19.2 Å². The van der Waals surface area contributed by atoms with Gasteiger partial charge < -0.3 is 25.2 Å². The first-order valence-corrected chi connectivity index (χ1v) is 11.2. The van der Waals surface area contributed by atoms with Crippen LogP contribution in [0.15, 0.2) is 36.5 Å². The molecule has 1 saturated heterocycles. The molecule has 0 aliphatic carbocycles. The fourth-order valence-corrected chi connectivity index (χ4v) is 4.83. The van der Waals surface area contributed by atoms with Crippen molar-refractivity contribution in [3.63, 3.8) is 0 Å². The maximum Gasteiger partial charge on any atom is 0.256 e. The maximum atomic E-state index is 13.1. The Hall–Kier alpha value is -3.62. The second-order valence-electron chi connectivity index (χ2n) is 8.83. The first-order valence-electron chi connectivity index (χ1n) is 11.2. The maximum absolute atomic E-state index is 13.1. The normalized spacial score (nSPS) is 22.1. The van der Waals surface area contributed by atoms with E-state index in [1.54, 1.807) is 30.3 Å². The van der Waals surface area contributed by atoms with E-state index in [0.717, 1.165) is 17.7 Å². The Kier molecular flexibility index (Phi) is 5.39. The molecule has 33 heavy (non-hydrogen) atoms. The van der Waals surface area contributed by atoms with Gasteiger partial charge in [-0.15, -0.1) is 0 Å². The van der Waals surface area contributed by atoms with Crippen LogP contribution in [0.2, 0.25) is 0 Å². The zero-order valence-corrected chi connectivity index (χ0v) is 18.6. The van der Waals surface area contributed by atoms with Gasteiger partial charge in [-0.25, -0.2) is 4.98 Å². The molecule has 3 aliphatic rings. The molecule has 2 N–H and O–H groups in total. The number of ether oxygens (including phenoxy) is 1. The van der Waals surface area contributed by atoms with Crippen LogP contribution in [0.5, 0.6) is 5.75 Å². The van der Waals surface area contributed by atoms with Crippen LogP contribution in [0.3, 0.4) is 0 Å². The fraction of sp³-hybridized carbons (Fsp3) is 0.417. The van der Waals surface area contributed by atoms with Crippen molar-refractivity contribution >= 4 is 23.5 Å². The fourth-order valence-electron chi connectivity index (χ4n) is 4.83. The van der Waals surface area contributed by atoms with Gasteiger partial charge in [-0.2, -0.15) is 0 Å². The molecule has 5 rings (SSSR count). The van der Waals surface area contributed by atoms with Crippen LogP contribution in [0.25, 0.3) is 0 Å². The summed E-state index contributed by atoms with van der Waals surface area (Å²) < 4.78 is 5.29. The first kappa shape index (κ1) is 21.2. The molecule has 1 spiro atoms. The summed E-state index contributed by atoms with van der Waals surface area (Å²) in [6.45, 7) is 1.57. The van der Waals surface area contributed by atoms with Crippen LogP contribution in [-0.4, -0.2) is 64.9 Å². The number of anilines is 1. The predicted molar refractivity (Wildman–Crippen MR) is 121 cm³/mol. The largest absolute Gasteiger partial charge is 0.497 e. The number of likely N-dealkylation sites (tertiary alicyclic amines) is 1. The van der Waals surface area contributed by atoms with E-state index in [2.05, 4.69) is 15.6 Å². The lowest BCUT2D eigenvalue weighted by Gasteiger charge is -2.39. The molecule has 3 aliphatic heterocycles. The molecule has 1 aromatic carbocycles. The molecule has 1 unspecified atom stereocenters. The van der Waals surface area contributed by atoms with Crippen LogP contribution in [0.4, 0.5) is 5.82 Å². The van der Waals surface area contributed by atoms with Gasteiger partial charge in [0.1, 0.15) is 17.2 Å². The Morgan fingerprint density at radius 1 is 1.12 bits per heavy atom. The van der Waals surface area contributed by atoms with Crippen molar-refractivity contribution < 1.29 is 19.1 Å². The molecule has 3 amide bonds. The highest BCUT2D eigenvalue weighted by molar-refractivity contribution is 6.01. The molecule has 4 heterocycles.